The Morgan fingerprint density at radius 2 is 2.14 bits per heavy atom. The van der Waals surface area contributed by atoms with Crippen LogP contribution in [-0.4, -0.2) is 17.0 Å². The van der Waals surface area contributed by atoms with Gasteiger partial charge in [-0.25, -0.2) is 9.97 Å². The number of fused-ring (bicyclic) bond motifs is 1. The first-order chi connectivity index (χ1) is 6.72. The van der Waals surface area contributed by atoms with Crippen molar-refractivity contribution in [3.63, 3.8) is 0 Å². The van der Waals surface area contributed by atoms with Gasteiger partial charge in [0.05, 0.1) is 10.2 Å². The highest BCUT2D eigenvalue weighted by molar-refractivity contribution is 7.17. The van der Waals surface area contributed by atoms with Crippen molar-refractivity contribution in [2.24, 2.45) is 0 Å². The average molecular weight is 207 g/mol. The number of thiophene rings is 1. The fourth-order valence-electron chi connectivity index (χ4n) is 1.31. The maximum atomic E-state index is 4.50. The Bertz CT molecular complexity index is 448. The summed E-state index contributed by atoms with van der Waals surface area (Å²) in [5, 5.41) is 5.16. The number of rotatable bonds is 2. The maximum Gasteiger partial charge on any atom is 0.147 e. The number of hydrogen-bond donors (Lipinski definition) is 1. The van der Waals surface area contributed by atoms with Crippen LogP contribution in [0.3, 0.4) is 0 Å². The summed E-state index contributed by atoms with van der Waals surface area (Å²) in [7, 11) is 1.89. The summed E-state index contributed by atoms with van der Waals surface area (Å²) >= 11 is 1.67. The average Bonchev–Trinajstić information content (AvgIpc) is 2.63. The van der Waals surface area contributed by atoms with Crippen molar-refractivity contribution >= 4 is 27.4 Å². The Kier molecular flexibility index (Phi) is 2.37. The van der Waals surface area contributed by atoms with E-state index < -0.39 is 0 Å². The Labute approximate surface area is 87.2 Å². The van der Waals surface area contributed by atoms with Crippen LogP contribution in [0.5, 0.6) is 0 Å². The van der Waals surface area contributed by atoms with E-state index in [0.717, 1.165) is 21.9 Å². The molecule has 74 valence electrons. The van der Waals surface area contributed by atoms with Crippen LogP contribution in [0, 0.1) is 0 Å². The van der Waals surface area contributed by atoms with Crippen LogP contribution in [-0.2, 0) is 0 Å². The molecule has 0 bridgehead atoms. The van der Waals surface area contributed by atoms with Crippen molar-refractivity contribution in [1.29, 1.82) is 0 Å². The van der Waals surface area contributed by atoms with Crippen molar-refractivity contribution < 1.29 is 0 Å². The molecule has 0 aliphatic carbocycles. The smallest absolute Gasteiger partial charge is 0.147 e. The highest BCUT2D eigenvalue weighted by atomic mass is 32.1. The van der Waals surface area contributed by atoms with Crippen molar-refractivity contribution in [3.05, 3.63) is 17.3 Å². The van der Waals surface area contributed by atoms with E-state index in [1.54, 1.807) is 11.3 Å². The normalized spacial score (nSPS) is 11.1. The summed E-state index contributed by atoms with van der Waals surface area (Å²) in [6.07, 6.45) is 0. The van der Waals surface area contributed by atoms with Gasteiger partial charge in [0.25, 0.3) is 0 Å². The third-order valence-electron chi connectivity index (χ3n) is 2.07. The minimum atomic E-state index is 0.367. The minimum absolute atomic E-state index is 0.367. The lowest BCUT2D eigenvalue weighted by Crippen LogP contribution is -2.01. The van der Waals surface area contributed by atoms with Gasteiger partial charge in [-0.3, -0.25) is 0 Å². The zero-order chi connectivity index (χ0) is 10.1. The predicted octanol–water partition coefficient (Wildman–Crippen LogP) is 2.86. The molecule has 0 saturated carbocycles. The number of aromatic nitrogens is 2. The Morgan fingerprint density at radius 1 is 1.36 bits per heavy atom. The molecule has 3 nitrogen and oxygen atoms in total. The Balaban J connectivity index is 2.67. The fourth-order valence-corrected chi connectivity index (χ4v) is 2.14. The number of anilines is 1. The second kappa shape index (κ2) is 3.53. The van der Waals surface area contributed by atoms with Gasteiger partial charge in [0, 0.05) is 13.0 Å². The van der Waals surface area contributed by atoms with E-state index >= 15 is 0 Å². The van der Waals surface area contributed by atoms with E-state index in [9.17, 15) is 0 Å². The van der Waals surface area contributed by atoms with Crippen molar-refractivity contribution in [3.8, 4) is 0 Å². The molecule has 0 fully saturated rings. The first-order valence-corrected chi connectivity index (χ1v) is 5.53. The number of nitrogens with zero attached hydrogens (tertiary/aromatic N) is 2. The summed E-state index contributed by atoms with van der Waals surface area (Å²) in [5.41, 5.74) is 1.04. The molecule has 2 heterocycles. The molecule has 0 unspecified atom stereocenters. The molecule has 2 aromatic heterocycles. The van der Waals surface area contributed by atoms with E-state index in [0.29, 0.717) is 5.92 Å². The van der Waals surface area contributed by atoms with Gasteiger partial charge in [0.2, 0.25) is 0 Å². The molecule has 0 aromatic carbocycles. The standard InChI is InChI=1S/C10H13N3S/c1-6(2)9-12-7-4-5-14-8(7)10(11-3)13-9/h4-6H,1-3H3,(H,11,12,13). The van der Waals surface area contributed by atoms with E-state index in [1.807, 2.05) is 18.5 Å². The first-order valence-electron chi connectivity index (χ1n) is 4.65. The number of hydrogen-bond acceptors (Lipinski definition) is 4. The lowest BCUT2D eigenvalue weighted by Gasteiger charge is -2.06. The van der Waals surface area contributed by atoms with E-state index in [4.69, 9.17) is 0 Å². The van der Waals surface area contributed by atoms with Crippen LogP contribution in [0.4, 0.5) is 5.82 Å². The third-order valence-corrected chi connectivity index (χ3v) is 2.98. The molecule has 2 rings (SSSR count). The van der Waals surface area contributed by atoms with Crippen LogP contribution in [0.25, 0.3) is 10.2 Å². The first kappa shape index (κ1) is 9.40. The molecular weight excluding hydrogens is 194 g/mol. The van der Waals surface area contributed by atoms with Gasteiger partial charge in [-0.1, -0.05) is 13.8 Å². The predicted molar refractivity (Wildman–Crippen MR) is 61.1 cm³/mol. The van der Waals surface area contributed by atoms with Crippen molar-refractivity contribution in [1.82, 2.24) is 9.97 Å². The molecule has 0 aliphatic rings. The van der Waals surface area contributed by atoms with Gasteiger partial charge in [0.1, 0.15) is 11.6 Å². The van der Waals surface area contributed by atoms with Gasteiger partial charge in [-0.05, 0) is 11.4 Å². The Hall–Kier alpha value is -1.16. The SMILES string of the molecule is CNc1nc(C(C)C)nc2ccsc12. The van der Waals surface area contributed by atoms with E-state index in [1.165, 1.54) is 0 Å². The summed E-state index contributed by atoms with van der Waals surface area (Å²) in [4.78, 5) is 8.98. The van der Waals surface area contributed by atoms with Crippen LogP contribution in [0.15, 0.2) is 11.4 Å². The Morgan fingerprint density at radius 3 is 2.79 bits per heavy atom. The van der Waals surface area contributed by atoms with Crippen LogP contribution < -0.4 is 5.32 Å². The second-order valence-electron chi connectivity index (χ2n) is 3.47. The van der Waals surface area contributed by atoms with Gasteiger partial charge >= 0.3 is 0 Å². The lowest BCUT2D eigenvalue weighted by molar-refractivity contribution is 0.785. The molecular formula is C10H13N3S. The molecule has 0 amide bonds. The van der Waals surface area contributed by atoms with Crippen LogP contribution in [0.1, 0.15) is 25.6 Å². The summed E-state index contributed by atoms with van der Waals surface area (Å²) in [6, 6.07) is 2.04. The highest BCUT2D eigenvalue weighted by Gasteiger charge is 2.09. The molecule has 2 aromatic rings. The van der Waals surface area contributed by atoms with Gasteiger partial charge < -0.3 is 5.32 Å². The second-order valence-corrected chi connectivity index (χ2v) is 4.39. The lowest BCUT2D eigenvalue weighted by atomic mass is 10.2. The van der Waals surface area contributed by atoms with Crippen molar-refractivity contribution in [2.75, 3.05) is 12.4 Å². The quantitative estimate of drug-likeness (QED) is 0.822. The summed E-state index contributed by atoms with van der Waals surface area (Å²) in [5.74, 6) is 2.21. The third kappa shape index (κ3) is 1.46. The largest absolute Gasteiger partial charge is 0.372 e. The van der Waals surface area contributed by atoms with Crippen LogP contribution in [0.2, 0.25) is 0 Å². The van der Waals surface area contributed by atoms with E-state index in [2.05, 4.69) is 29.1 Å². The molecule has 0 radical (unpaired) electrons. The van der Waals surface area contributed by atoms with E-state index in [-0.39, 0.29) is 0 Å². The minimum Gasteiger partial charge on any atom is -0.372 e. The zero-order valence-electron chi connectivity index (χ0n) is 8.53. The number of nitrogens with one attached hydrogen (secondary N) is 1. The monoisotopic (exact) mass is 207 g/mol. The summed E-state index contributed by atoms with van der Waals surface area (Å²) in [6.45, 7) is 4.21. The van der Waals surface area contributed by atoms with Crippen LogP contribution >= 0.6 is 11.3 Å². The maximum absolute atomic E-state index is 4.50. The molecule has 4 heteroatoms. The molecule has 0 spiro atoms. The zero-order valence-corrected chi connectivity index (χ0v) is 9.35. The van der Waals surface area contributed by atoms with Gasteiger partial charge in [-0.2, -0.15) is 0 Å². The molecule has 1 N–H and O–H groups in total. The molecule has 14 heavy (non-hydrogen) atoms. The van der Waals surface area contributed by atoms with Gasteiger partial charge in [-0.15, -0.1) is 11.3 Å². The highest BCUT2D eigenvalue weighted by Crippen LogP contribution is 2.27. The molecule has 0 atom stereocenters. The van der Waals surface area contributed by atoms with Crippen molar-refractivity contribution in [2.45, 2.75) is 19.8 Å². The molecule has 0 aliphatic heterocycles. The van der Waals surface area contributed by atoms with Gasteiger partial charge in [0.15, 0.2) is 0 Å². The topological polar surface area (TPSA) is 37.8 Å². The fraction of sp³-hybridized carbons (Fsp3) is 0.400. The molecule has 0 saturated heterocycles. The summed E-state index contributed by atoms with van der Waals surface area (Å²) < 4.78 is 1.14.